The van der Waals surface area contributed by atoms with Crippen LogP contribution in [0.5, 0.6) is 0 Å². The molecular formula is C16H26FN3O2. The number of nitrogens with zero attached hydrogens (tertiary/aromatic N) is 2. The molecule has 1 aromatic heterocycles. The van der Waals surface area contributed by atoms with Gasteiger partial charge >= 0.3 is 6.09 Å². The van der Waals surface area contributed by atoms with Gasteiger partial charge in [-0.05, 0) is 52.3 Å². The quantitative estimate of drug-likeness (QED) is 0.820. The maximum Gasteiger partial charge on any atom is 0.410 e. The number of pyridine rings is 1. The first-order valence-electron chi connectivity index (χ1n) is 7.47. The second-order valence-electron chi connectivity index (χ2n) is 6.37. The second-order valence-corrected chi connectivity index (χ2v) is 6.37. The molecule has 0 fully saturated rings. The third kappa shape index (κ3) is 6.85. The van der Waals surface area contributed by atoms with E-state index in [1.165, 1.54) is 12.3 Å². The molecule has 0 spiro atoms. The molecule has 1 aromatic rings. The van der Waals surface area contributed by atoms with Crippen LogP contribution >= 0.6 is 0 Å². The number of ether oxygens (including phenoxy) is 1. The molecule has 0 aliphatic carbocycles. The number of nitrogens with one attached hydrogen (secondary N) is 1. The second kappa shape index (κ2) is 8.08. The normalized spacial score (nSPS) is 12.8. The van der Waals surface area contributed by atoms with Crippen LogP contribution in [0.1, 0.15) is 45.7 Å². The fourth-order valence-corrected chi connectivity index (χ4v) is 1.85. The number of halogens is 1. The number of hydrogen-bond donors (Lipinski definition) is 1. The van der Waals surface area contributed by atoms with Crippen molar-refractivity contribution in [2.45, 2.75) is 45.8 Å². The van der Waals surface area contributed by atoms with Gasteiger partial charge in [-0.1, -0.05) is 0 Å². The van der Waals surface area contributed by atoms with E-state index in [9.17, 15) is 9.18 Å². The Morgan fingerprint density at radius 1 is 1.45 bits per heavy atom. The summed E-state index contributed by atoms with van der Waals surface area (Å²) in [6, 6.07) is 1.48. The van der Waals surface area contributed by atoms with Crippen LogP contribution in [0.2, 0.25) is 0 Å². The molecule has 0 saturated heterocycles. The Bertz CT molecular complexity index is 489. The molecule has 0 aliphatic heterocycles. The van der Waals surface area contributed by atoms with Crippen LogP contribution in [0.4, 0.5) is 9.18 Å². The monoisotopic (exact) mass is 311 g/mol. The number of carbonyl (C=O) groups is 1. The Morgan fingerprint density at radius 3 is 2.73 bits per heavy atom. The van der Waals surface area contributed by atoms with Gasteiger partial charge in [-0.15, -0.1) is 0 Å². The lowest BCUT2D eigenvalue weighted by Gasteiger charge is -2.24. The zero-order valence-electron chi connectivity index (χ0n) is 14.0. The highest BCUT2D eigenvalue weighted by molar-refractivity contribution is 5.67. The van der Waals surface area contributed by atoms with Gasteiger partial charge in [0.05, 0.1) is 6.20 Å². The molecule has 1 atom stereocenters. The van der Waals surface area contributed by atoms with E-state index in [4.69, 9.17) is 4.74 Å². The third-order valence-electron chi connectivity index (χ3n) is 3.05. The van der Waals surface area contributed by atoms with Gasteiger partial charge < -0.3 is 15.0 Å². The van der Waals surface area contributed by atoms with Crippen molar-refractivity contribution >= 4 is 6.09 Å². The van der Waals surface area contributed by atoms with E-state index < -0.39 is 5.60 Å². The lowest BCUT2D eigenvalue weighted by Crippen LogP contribution is -2.35. The van der Waals surface area contributed by atoms with Crippen LogP contribution in [0, 0.1) is 5.82 Å². The molecule has 0 saturated carbocycles. The summed E-state index contributed by atoms with van der Waals surface area (Å²) in [6.45, 7) is 8.79. The predicted molar refractivity (Wildman–Crippen MR) is 84.1 cm³/mol. The van der Waals surface area contributed by atoms with E-state index in [0.717, 1.165) is 12.0 Å². The highest BCUT2D eigenvalue weighted by Gasteiger charge is 2.19. The van der Waals surface area contributed by atoms with Crippen LogP contribution < -0.4 is 5.32 Å². The van der Waals surface area contributed by atoms with Crippen molar-refractivity contribution in [3.8, 4) is 0 Å². The molecule has 1 unspecified atom stereocenters. The Kier molecular flexibility index (Phi) is 6.74. The van der Waals surface area contributed by atoms with Gasteiger partial charge in [-0.3, -0.25) is 4.98 Å². The molecule has 1 heterocycles. The third-order valence-corrected chi connectivity index (χ3v) is 3.05. The summed E-state index contributed by atoms with van der Waals surface area (Å²) < 4.78 is 18.4. The lowest BCUT2D eigenvalue weighted by molar-refractivity contribution is 0.0297. The van der Waals surface area contributed by atoms with Crippen molar-refractivity contribution in [2.75, 3.05) is 20.1 Å². The minimum absolute atomic E-state index is 0.00929. The highest BCUT2D eigenvalue weighted by atomic mass is 19.1. The van der Waals surface area contributed by atoms with E-state index >= 15 is 0 Å². The van der Waals surface area contributed by atoms with E-state index in [-0.39, 0.29) is 18.0 Å². The van der Waals surface area contributed by atoms with Gasteiger partial charge in [0.1, 0.15) is 11.4 Å². The minimum atomic E-state index is -0.484. The summed E-state index contributed by atoms with van der Waals surface area (Å²) >= 11 is 0. The van der Waals surface area contributed by atoms with Crippen molar-refractivity contribution in [3.63, 3.8) is 0 Å². The molecule has 0 radical (unpaired) electrons. The summed E-state index contributed by atoms with van der Waals surface area (Å²) in [5.41, 5.74) is 0.322. The zero-order valence-corrected chi connectivity index (χ0v) is 14.0. The minimum Gasteiger partial charge on any atom is -0.444 e. The van der Waals surface area contributed by atoms with Crippen LogP contribution in [0.25, 0.3) is 0 Å². The van der Waals surface area contributed by atoms with Crippen molar-refractivity contribution < 1.29 is 13.9 Å². The lowest BCUT2D eigenvalue weighted by atomic mass is 10.1. The SMILES string of the molecule is CC(NCCCN(C)C(=O)OC(C)(C)C)c1cncc(F)c1. The molecule has 5 nitrogen and oxygen atoms in total. The number of rotatable bonds is 6. The maximum absolute atomic E-state index is 13.1. The molecule has 1 N–H and O–H groups in total. The van der Waals surface area contributed by atoms with Crippen molar-refractivity contribution in [2.24, 2.45) is 0 Å². The molecule has 1 amide bonds. The molecule has 0 aromatic carbocycles. The average Bonchev–Trinajstić information content (AvgIpc) is 2.41. The first-order chi connectivity index (χ1) is 10.2. The van der Waals surface area contributed by atoms with E-state index in [2.05, 4.69) is 10.3 Å². The van der Waals surface area contributed by atoms with Crippen LogP contribution in [-0.4, -0.2) is 41.7 Å². The molecule has 6 heteroatoms. The van der Waals surface area contributed by atoms with E-state index in [1.54, 1.807) is 18.1 Å². The molecular weight excluding hydrogens is 285 g/mol. The fourth-order valence-electron chi connectivity index (χ4n) is 1.85. The van der Waals surface area contributed by atoms with Crippen LogP contribution in [-0.2, 0) is 4.74 Å². The number of carbonyl (C=O) groups excluding carboxylic acids is 1. The first kappa shape index (κ1) is 18.4. The summed E-state index contributed by atoms with van der Waals surface area (Å²) in [5, 5.41) is 3.28. The molecule has 1 rings (SSSR count). The number of aromatic nitrogens is 1. The summed E-state index contributed by atoms with van der Waals surface area (Å²) in [7, 11) is 1.72. The van der Waals surface area contributed by atoms with Crippen molar-refractivity contribution in [1.29, 1.82) is 0 Å². The van der Waals surface area contributed by atoms with E-state index in [0.29, 0.717) is 13.1 Å². The first-order valence-corrected chi connectivity index (χ1v) is 7.47. The highest BCUT2D eigenvalue weighted by Crippen LogP contribution is 2.12. The Morgan fingerprint density at radius 2 is 2.14 bits per heavy atom. The molecule has 0 bridgehead atoms. The molecule has 0 aliphatic rings. The fraction of sp³-hybridized carbons (Fsp3) is 0.625. The Hall–Kier alpha value is -1.69. The summed E-state index contributed by atoms with van der Waals surface area (Å²) in [6.07, 6.45) is 3.29. The summed E-state index contributed by atoms with van der Waals surface area (Å²) in [5.74, 6) is -0.337. The smallest absolute Gasteiger partial charge is 0.410 e. The molecule has 22 heavy (non-hydrogen) atoms. The molecule has 124 valence electrons. The summed E-state index contributed by atoms with van der Waals surface area (Å²) in [4.78, 5) is 17.2. The topological polar surface area (TPSA) is 54.5 Å². The van der Waals surface area contributed by atoms with Crippen molar-refractivity contribution in [3.05, 3.63) is 29.8 Å². The number of amides is 1. The van der Waals surface area contributed by atoms with E-state index in [1.807, 2.05) is 27.7 Å². The van der Waals surface area contributed by atoms with Gasteiger partial charge in [0.15, 0.2) is 0 Å². The van der Waals surface area contributed by atoms with Crippen molar-refractivity contribution in [1.82, 2.24) is 15.2 Å². The average molecular weight is 311 g/mol. The van der Waals surface area contributed by atoms with Gasteiger partial charge in [-0.2, -0.15) is 0 Å². The zero-order chi connectivity index (χ0) is 16.8. The van der Waals surface area contributed by atoms with Crippen LogP contribution in [0.3, 0.4) is 0 Å². The van der Waals surface area contributed by atoms with Gasteiger partial charge in [0, 0.05) is 25.8 Å². The van der Waals surface area contributed by atoms with Gasteiger partial charge in [0.2, 0.25) is 0 Å². The number of hydrogen-bond acceptors (Lipinski definition) is 4. The van der Waals surface area contributed by atoms with Gasteiger partial charge in [-0.25, -0.2) is 9.18 Å². The Balaban J connectivity index is 2.28. The largest absolute Gasteiger partial charge is 0.444 e. The Labute approximate surface area is 131 Å². The standard InChI is InChI=1S/C16H26FN3O2/c1-12(13-9-14(17)11-18-10-13)19-7-6-8-20(5)15(21)22-16(2,3)4/h9-12,19H,6-8H2,1-5H3. The maximum atomic E-state index is 13.1. The predicted octanol–water partition coefficient (Wildman–Crippen LogP) is 3.13. The van der Waals surface area contributed by atoms with Gasteiger partial charge in [0.25, 0.3) is 0 Å². The van der Waals surface area contributed by atoms with Crippen LogP contribution in [0.15, 0.2) is 18.5 Å².